The number of nitrogens with zero attached hydrogens (tertiary/aromatic N) is 1. The molecule has 21 heavy (non-hydrogen) atoms. The molecule has 2 rings (SSSR count). The van der Waals surface area contributed by atoms with Gasteiger partial charge >= 0.3 is 0 Å². The van der Waals surface area contributed by atoms with Crippen molar-refractivity contribution in [3.8, 4) is 5.75 Å². The quantitative estimate of drug-likeness (QED) is 0.789. The Hall–Kier alpha value is -1.42. The van der Waals surface area contributed by atoms with E-state index in [4.69, 9.17) is 10.5 Å². The van der Waals surface area contributed by atoms with Crippen LogP contribution in [0.25, 0.3) is 0 Å². The molecule has 0 atom stereocenters. The molecule has 0 radical (unpaired) electrons. The van der Waals surface area contributed by atoms with E-state index in [2.05, 4.69) is 24.3 Å². The molecule has 3 N–H and O–H groups in total. The zero-order valence-electron chi connectivity index (χ0n) is 13.8. The van der Waals surface area contributed by atoms with Gasteiger partial charge in [-0.15, -0.1) is 0 Å². The van der Waals surface area contributed by atoms with Crippen molar-refractivity contribution in [2.75, 3.05) is 31.7 Å². The van der Waals surface area contributed by atoms with Gasteiger partial charge in [-0.3, -0.25) is 0 Å². The molecule has 1 fully saturated rings. The van der Waals surface area contributed by atoms with Crippen molar-refractivity contribution in [1.29, 1.82) is 0 Å². The minimum Gasteiger partial charge on any atom is -0.489 e. The van der Waals surface area contributed by atoms with Gasteiger partial charge in [0.05, 0.1) is 11.8 Å². The maximum absolute atomic E-state index is 5.97. The third-order valence-corrected chi connectivity index (χ3v) is 4.48. The second-order valence-electron chi connectivity index (χ2n) is 6.60. The Bertz CT molecular complexity index is 465. The van der Waals surface area contributed by atoms with E-state index in [1.54, 1.807) is 0 Å². The normalized spacial score (nSPS) is 17.4. The number of rotatable bonds is 6. The predicted molar refractivity (Wildman–Crippen MR) is 90.0 cm³/mol. The first-order valence-electron chi connectivity index (χ1n) is 7.90. The average Bonchev–Trinajstić information content (AvgIpc) is 2.89. The van der Waals surface area contributed by atoms with Crippen LogP contribution >= 0.6 is 0 Å². The van der Waals surface area contributed by atoms with Crippen LogP contribution < -0.4 is 15.8 Å². The van der Waals surface area contributed by atoms with Crippen LogP contribution in [0.3, 0.4) is 0 Å². The second-order valence-corrected chi connectivity index (χ2v) is 6.60. The summed E-state index contributed by atoms with van der Waals surface area (Å²) in [5.41, 5.74) is 8.02. The van der Waals surface area contributed by atoms with Crippen molar-refractivity contribution in [1.82, 2.24) is 4.90 Å². The van der Waals surface area contributed by atoms with Gasteiger partial charge in [-0.2, -0.15) is 0 Å². The number of nitrogens with two attached hydrogens (primary N) is 1. The standard InChI is InChI=1S/C17H29N3O/c1-13(2)21-16-11-14(7-8-15(16)18)19-12-17(20(3)4)9-5-6-10-17/h7-8,11,13,19H,5-6,9-10,12,18H2,1-4H3. The van der Waals surface area contributed by atoms with E-state index in [0.717, 1.165) is 18.0 Å². The lowest BCUT2D eigenvalue weighted by atomic mass is 9.96. The summed E-state index contributed by atoms with van der Waals surface area (Å²) in [6, 6.07) is 5.95. The fraction of sp³-hybridized carbons (Fsp3) is 0.647. The molecule has 4 nitrogen and oxygen atoms in total. The van der Waals surface area contributed by atoms with Crippen LogP contribution in [-0.2, 0) is 0 Å². The fourth-order valence-electron chi connectivity index (χ4n) is 3.08. The number of likely N-dealkylation sites (N-methyl/N-ethyl adjacent to an activating group) is 1. The molecule has 0 aromatic heterocycles. The zero-order valence-corrected chi connectivity index (χ0v) is 13.8. The monoisotopic (exact) mass is 291 g/mol. The number of hydrogen-bond donors (Lipinski definition) is 2. The van der Waals surface area contributed by atoms with Gasteiger partial charge in [0.25, 0.3) is 0 Å². The highest BCUT2D eigenvalue weighted by molar-refractivity contribution is 5.61. The van der Waals surface area contributed by atoms with Crippen LogP contribution in [0.1, 0.15) is 39.5 Å². The highest BCUT2D eigenvalue weighted by Gasteiger charge is 2.35. The predicted octanol–water partition coefficient (Wildman–Crippen LogP) is 3.34. The van der Waals surface area contributed by atoms with Crippen LogP contribution in [0.5, 0.6) is 5.75 Å². The first-order chi connectivity index (χ1) is 9.93. The third kappa shape index (κ3) is 3.82. The van der Waals surface area contributed by atoms with Gasteiger partial charge in [0.2, 0.25) is 0 Å². The van der Waals surface area contributed by atoms with Crippen LogP contribution in [0.2, 0.25) is 0 Å². The summed E-state index contributed by atoms with van der Waals surface area (Å²) in [6.45, 7) is 4.99. The van der Waals surface area contributed by atoms with Crippen molar-refractivity contribution in [2.24, 2.45) is 0 Å². The summed E-state index contributed by atoms with van der Waals surface area (Å²) >= 11 is 0. The van der Waals surface area contributed by atoms with Gasteiger partial charge in [-0.25, -0.2) is 0 Å². The molecule has 1 aliphatic rings. The molecule has 4 heteroatoms. The minimum absolute atomic E-state index is 0.130. The lowest BCUT2D eigenvalue weighted by molar-refractivity contribution is 0.172. The summed E-state index contributed by atoms with van der Waals surface area (Å²) in [6.07, 6.45) is 5.30. The summed E-state index contributed by atoms with van der Waals surface area (Å²) in [5, 5.41) is 3.57. The number of ether oxygens (including phenoxy) is 1. The molecule has 118 valence electrons. The van der Waals surface area contributed by atoms with E-state index >= 15 is 0 Å². The zero-order chi connectivity index (χ0) is 15.5. The molecular formula is C17H29N3O. The lowest BCUT2D eigenvalue weighted by Crippen LogP contribution is -2.47. The van der Waals surface area contributed by atoms with Crippen LogP contribution in [0, 0.1) is 0 Å². The van der Waals surface area contributed by atoms with Crippen molar-refractivity contribution in [3.05, 3.63) is 18.2 Å². The molecule has 0 unspecified atom stereocenters. The first kappa shape index (κ1) is 16.0. The lowest BCUT2D eigenvalue weighted by Gasteiger charge is -2.36. The summed E-state index contributed by atoms with van der Waals surface area (Å²) in [7, 11) is 4.37. The van der Waals surface area contributed by atoms with Crippen LogP contribution in [-0.4, -0.2) is 37.2 Å². The van der Waals surface area contributed by atoms with Crippen molar-refractivity contribution in [2.45, 2.75) is 51.2 Å². The Morgan fingerprint density at radius 2 is 1.95 bits per heavy atom. The molecule has 0 heterocycles. The topological polar surface area (TPSA) is 50.5 Å². The second kappa shape index (κ2) is 6.56. The molecule has 1 saturated carbocycles. The van der Waals surface area contributed by atoms with E-state index in [1.165, 1.54) is 25.7 Å². The molecule has 0 aliphatic heterocycles. The molecule has 1 aromatic rings. The smallest absolute Gasteiger partial charge is 0.144 e. The number of hydrogen-bond acceptors (Lipinski definition) is 4. The highest BCUT2D eigenvalue weighted by atomic mass is 16.5. The van der Waals surface area contributed by atoms with Crippen LogP contribution in [0.15, 0.2) is 18.2 Å². The maximum atomic E-state index is 5.97. The molecule has 1 aromatic carbocycles. The van der Waals surface area contributed by atoms with E-state index in [0.29, 0.717) is 5.69 Å². The van der Waals surface area contributed by atoms with Gasteiger partial charge in [0.15, 0.2) is 0 Å². The first-order valence-corrected chi connectivity index (χ1v) is 7.90. The summed E-state index contributed by atoms with van der Waals surface area (Å²) in [4.78, 5) is 2.37. The Morgan fingerprint density at radius 3 is 2.52 bits per heavy atom. The molecule has 0 bridgehead atoms. The Balaban J connectivity index is 2.06. The Kier molecular flexibility index (Phi) is 4.99. The fourth-order valence-corrected chi connectivity index (χ4v) is 3.08. The third-order valence-electron chi connectivity index (χ3n) is 4.48. The summed E-state index contributed by atoms with van der Waals surface area (Å²) < 4.78 is 5.75. The van der Waals surface area contributed by atoms with Crippen molar-refractivity contribution < 1.29 is 4.74 Å². The molecule has 0 amide bonds. The molecule has 1 aliphatic carbocycles. The molecular weight excluding hydrogens is 262 g/mol. The number of nitrogen functional groups attached to an aromatic ring is 1. The number of anilines is 2. The van der Waals surface area contributed by atoms with Crippen molar-refractivity contribution in [3.63, 3.8) is 0 Å². The largest absolute Gasteiger partial charge is 0.489 e. The highest BCUT2D eigenvalue weighted by Crippen LogP contribution is 2.34. The van der Waals surface area contributed by atoms with Gasteiger partial charge in [0, 0.05) is 23.8 Å². The van der Waals surface area contributed by atoms with Gasteiger partial charge in [0.1, 0.15) is 5.75 Å². The Morgan fingerprint density at radius 1 is 1.29 bits per heavy atom. The number of nitrogens with one attached hydrogen (secondary N) is 1. The van der Waals surface area contributed by atoms with Gasteiger partial charge in [-0.05, 0) is 52.9 Å². The number of benzene rings is 1. The SMILES string of the molecule is CC(C)Oc1cc(NCC2(N(C)C)CCCC2)ccc1N. The van der Waals surface area contributed by atoms with E-state index in [-0.39, 0.29) is 11.6 Å². The van der Waals surface area contributed by atoms with Crippen LogP contribution in [0.4, 0.5) is 11.4 Å². The molecule has 0 saturated heterocycles. The average molecular weight is 291 g/mol. The Labute approximate surface area is 128 Å². The summed E-state index contributed by atoms with van der Waals surface area (Å²) in [5.74, 6) is 0.764. The van der Waals surface area contributed by atoms with E-state index in [9.17, 15) is 0 Å². The van der Waals surface area contributed by atoms with E-state index < -0.39 is 0 Å². The van der Waals surface area contributed by atoms with E-state index in [1.807, 2.05) is 32.0 Å². The van der Waals surface area contributed by atoms with Gasteiger partial charge in [-0.1, -0.05) is 12.8 Å². The minimum atomic E-state index is 0.130. The van der Waals surface area contributed by atoms with Crippen molar-refractivity contribution >= 4 is 11.4 Å². The van der Waals surface area contributed by atoms with Gasteiger partial charge < -0.3 is 20.7 Å². The molecule has 0 spiro atoms. The maximum Gasteiger partial charge on any atom is 0.144 e.